The summed E-state index contributed by atoms with van der Waals surface area (Å²) in [6.45, 7) is 0.739. The van der Waals surface area contributed by atoms with Crippen LogP contribution >= 0.6 is 0 Å². The van der Waals surface area contributed by atoms with Crippen LogP contribution in [0.2, 0.25) is 0 Å². The highest BCUT2D eigenvalue weighted by Gasteiger charge is 2.07. The summed E-state index contributed by atoms with van der Waals surface area (Å²) in [6.07, 6.45) is 8.95. The summed E-state index contributed by atoms with van der Waals surface area (Å²) in [5, 5.41) is 2.81. The molecule has 3 nitrogen and oxygen atoms in total. The van der Waals surface area contributed by atoms with Crippen LogP contribution in [0.15, 0.2) is 71.8 Å². The van der Waals surface area contributed by atoms with Gasteiger partial charge >= 0.3 is 0 Å². The SMILES string of the molecule is O=N/C=C1/C=CC=CN1Cc1ccccc1. The fraction of sp³-hybridized carbons (Fsp3) is 0.0769. The first-order chi connectivity index (χ1) is 7.90. The molecular formula is C13H12N2O. The number of nitrogens with zero attached hydrogens (tertiary/aromatic N) is 2. The van der Waals surface area contributed by atoms with Crippen LogP contribution in [0.5, 0.6) is 0 Å². The van der Waals surface area contributed by atoms with E-state index in [1.165, 1.54) is 11.8 Å². The first-order valence-electron chi connectivity index (χ1n) is 5.08. The van der Waals surface area contributed by atoms with E-state index in [1.54, 1.807) is 0 Å². The van der Waals surface area contributed by atoms with Crippen molar-refractivity contribution in [2.24, 2.45) is 5.18 Å². The monoisotopic (exact) mass is 212 g/mol. The standard InChI is InChI=1S/C13H12N2O/c16-14-10-13-8-4-5-9-15(13)11-12-6-2-1-3-7-12/h1-10H,11H2/b13-10-. The quantitative estimate of drug-likeness (QED) is 0.721. The summed E-state index contributed by atoms with van der Waals surface area (Å²) in [5.74, 6) is 0. The van der Waals surface area contributed by atoms with Crippen molar-refractivity contribution in [3.8, 4) is 0 Å². The molecule has 1 aromatic carbocycles. The van der Waals surface area contributed by atoms with E-state index < -0.39 is 0 Å². The van der Waals surface area contributed by atoms with Crippen molar-refractivity contribution in [1.82, 2.24) is 4.90 Å². The molecule has 0 bridgehead atoms. The number of nitroso groups, excluding NO2 is 1. The minimum Gasteiger partial charge on any atom is -0.342 e. The lowest BCUT2D eigenvalue weighted by Crippen LogP contribution is -2.16. The molecule has 16 heavy (non-hydrogen) atoms. The van der Waals surface area contributed by atoms with Crippen molar-refractivity contribution in [2.45, 2.75) is 6.54 Å². The summed E-state index contributed by atoms with van der Waals surface area (Å²) in [6, 6.07) is 10.1. The molecule has 0 saturated heterocycles. The third kappa shape index (κ3) is 2.45. The highest BCUT2D eigenvalue weighted by atomic mass is 16.2. The number of allylic oxidation sites excluding steroid dienone is 3. The molecule has 1 aliphatic heterocycles. The summed E-state index contributed by atoms with van der Waals surface area (Å²) in [7, 11) is 0. The second-order valence-electron chi connectivity index (χ2n) is 3.47. The molecule has 0 unspecified atom stereocenters. The lowest BCUT2D eigenvalue weighted by atomic mass is 10.2. The van der Waals surface area contributed by atoms with Crippen LogP contribution in [0.1, 0.15) is 5.56 Å². The predicted molar refractivity (Wildman–Crippen MR) is 64.1 cm³/mol. The predicted octanol–water partition coefficient (Wildman–Crippen LogP) is 3.18. The largest absolute Gasteiger partial charge is 0.342 e. The normalized spacial score (nSPS) is 16.8. The Balaban J connectivity index is 2.15. The van der Waals surface area contributed by atoms with Crippen LogP contribution in [-0.4, -0.2) is 4.90 Å². The van der Waals surface area contributed by atoms with E-state index in [2.05, 4.69) is 17.3 Å². The van der Waals surface area contributed by atoms with Crippen molar-refractivity contribution in [2.75, 3.05) is 0 Å². The Hall–Kier alpha value is -2.16. The maximum absolute atomic E-state index is 10.3. The maximum atomic E-state index is 10.3. The van der Waals surface area contributed by atoms with E-state index >= 15 is 0 Å². The number of hydrogen-bond donors (Lipinski definition) is 0. The molecule has 3 heteroatoms. The van der Waals surface area contributed by atoms with E-state index in [-0.39, 0.29) is 0 Å². The first kappa shape index (κ1) is 10.4. The Bertz CT molecular complexity index is 446. The second kappa shape index (κ2) is 5.07. The van der Waals surface area contributed by atoms with Gasteiger partial charge in [-0.15, -0.1) is 4.91 Å². The molecule has 1 aromatic rings. The number of hydrogen-bond acceptors (Lipinski definition) is 3. The van der Waals surface area contributed by atoms with Gasteiger partial charge in [0.25, 0.3) is 0 Å². The lowest BCUT2D eigenvalue weighted by Gasteiger charge is -2.22. The van der Waals surface area contributed by atoms with Crippen molar-refractivity contribution in [1.29, 1.82) is 0 Å². The average Bonchev–Trinajstić information content (AvgIpc) is 2.33. The van der Waals surface area contributed by atoms with Gasteiger partial charge in [-0.1, -0.05) is 36.4 Å². The summed E-state index contributed by atoms with van der Waals surface area (Å²) >= 11 is 0. The van der Waals surface area contributed by atoms with E-state index in [1.807, 2.05) is 47.5 Å². The zero-order valence-electron chi connectivity index (χ0n) is 8.78. The van der Waals surface area contributed by atoms with Crippen LogP contribution in [0.3, 0.4) is 0 Å². The van der Waals surface area contributed by atoms with Crippen molar-refractivity contribution >= 4 is 0 Å². The molecular weight excluding hydrogens is 200 g/mol. The molecule has 0 saturated carbocycles. The van der Waals surface area contributed by atoms with Crippen LogP contribution in [0.4, 0.5) is 0 Å². The molecule has 0 N–H and O–H groups in total. The zero-order valence-corrected chi connectivity index (χ0v) is 8.78. The van der Waals surface area contributed by atoms with Gasteiger partial charge in [-0.05, 0) is 22.9 Å². The third-order valence-electron chi connectivity index (χ3n) is 2.36. The summed E-state index contributed by atoms with van der Waals surface area (Å²) in [4.78, 5) is 12.2. The molecule has 0 amide bonds. The Kier molecular flexibility index (Phi) is 3.28. The molecule has 0 aliphatic carbocycles. The van der Waals surface area contributed by atoms with E-state index in [9.17, 15) is 4.91 Å². The molecule has 0 aromatic heterocycles. The Labute approximate surface area is 94.4 Å². The van der Waals surface area contributed by atoms with Crippen molar-refractivity contribution in [3.05, 3.63) is 77.1 Å². The number of benzene rings is 1. The van der Waals surface area contributed by atoms with Gasteiger partial charge in [0.15, 0.2) is 0 Å². The van der Waals surface area contributed by atoms with Gasteiger partial charge in [0, 0.05) is 12.7 Å². The lowest BCUT2D eigenvalue weighted by molar-refractivity contribution is 0.468. The molecule has 1 heterocycles. The van der Waals surface area contributed by atoms with Gasteiger partial charge in [-0.3, -0.25) is 0 Å². The van der Waals surface area contributed by atoms with Gasteiger partial charge < -0.3 is 4.90 Å². The Morgan fingerprint density at radius 2 is 2.00 bits per heavy atom. The molecule has 0 radical (unpaired) electrons. The average molecular weight is 212 g/mol. The van der Waals surface area contributed by atoms with Gasteiger partial charge in [0.1, 0.15) is 0 Å². The fourth-order valence-corrected chi connectivity index (χ4v) is 1.58. The van der Waals surface area contributed by atoms with Gasteiger partial charge in [0.2, 0.25) is 0 Å². The van der Waals surface area contributed by atoms with Gasteiger partial charge in [0.05, 0.1) is 11.9 Å². The van der Waals surface area contributed by atoms with Gasteiger partial charge in [-0.25, -0.2) is 0 Å². The minimum atomic E-state index is 0.739. The maximum Gasteiger partial charge on any atom is 0.0951 e. The Morgan fingerprint density at radius 1 is 1.19 bits per heavy atom. The zero-order chi connectivity index (χ0) is 11.2. The van der Waals surface area contributed by atoms with Crippen LogP contribution in [-0.2, 0) is 6.54 Å². The number of rotatable bonds is 3. The first-order valence-corrected chi connectivity index (χ1v) is 5.08. The van der Waals surface area contributed by atoms with E-state index in [4.69, 9.17) is 0 Å². The molecule has 0 spiro atoms. The van der Waals surface area contributed by atoms with Crippen LogP contribution in [0, 0.1) is 4.91 Å². The molecule has 80 valence electrons. The third-order valence-corrected chi connectivity index (χ3v) is 2.36. The minimum absolute atomic E-state index is 0.739. The molecule has 0 atom stereocenters. The van der Waals surface area contributed by atoms with Crippen LogP contribution < -0.4 is 0 Å². The summed E-state index contributed by atoms with van der Waals surface area (Å²) in [5.41, 5.74) is 2.00. The summed E-state index contributed by atoms with van der Waals surface area (Å²) < 4.78 is 0. The smallest absolute Gasteiger partial charge is 0.0951 e. The topological polar surface area (TPSA) is 32.7 Å². The van der Waals surface area contributed by atoms with Crippen LogP contribution in [0.25, 0.3) is 0 Å². The highest BCUT2D eigenvalue weighted by molar-refractivity contribution is 5.29. The Morgan fingerprint density at radius 3 is 2.75 bits per heavy atom. The fourth-order valence-electron chi connectivity index (χ4n) is 1.58. The highest BCUT2D eigenvalue weighted by Crippen LogP contribution is 2.16. The molecule has 0 fully saturated rings. The molecule has 1 aliphatic rings. The van der Waals surface area contributed by atoms with Gasteiger partial charge in [-0.2, -0.15) is 0 Å². The van der Waals surface area contributed by atoms with Crippen molar-refractivity contribution in [3.63, 3.8) is 0 Å². The second-order valence-corrected chi connectivity index (χ2v) is 3.47. The van der Waals surface area contributed by atoms with E-state index in [0.717, 1.165) is 12.2 Å². The van der Waals surface area contributed by atoms with Crippen molar-refractivity contribution < 1.29 is 0 Å². The molecule has 2 rings (SSSR count). The van der Waals surface area contributed by atoms with E-state index in [0.29, 0.717) is 0 Å².